The zero-order chi connectivity index (χ0) is 16.7. The number of fused-ring (bicyclic) bond motifs is 2. The van der Waals surface area contributed by atoms with Crippen LogP contribution in [0.4, 0.5) is 5.69 Å². The molecule has 0 fully saturated rings. The highest BCUT2D eigenvalue weighted by molar-refractivity contribution is 8.03. The number of aromatic nitrogens is 1. The van der Waals surface area contributed by atoms with Crippen LogP contribution in [0.2, 0.25) is 5.02 Å². The van der Waals surface area contributed by atoms with Crippen LogP contribution in [0.1, 0.15) is 5.01 Å². The predicted molar refractivity (Wildman–Crippen MR) is 106 cm³/mol. The Morgan fingerprint density at radius 2 is 1.96 bits per heavy atom. The molecule has 2 heterocycles. The lowest BCUT2D eigenvalue weighted by Gasteiger charge is -2.12. The molecule has 4 rings (SSSR count). The van der Waals surface area contributed by atoms with Gasteiger partial charge in [-0.05, 0) is 30.3 Å². The first kappa shape index (κ1) is 18.3. The fourth-order valence-electron chi connectivity index (χ4n) is 2.76. The number of thiazole rings is 1. The Kier molecular flexibility index (Phi) is 5.44. The van der Waals surface area contributed by atoms with E-state index in [0.29, 0.717) is 0 Å². The Hall–Kier alpha value is -1.46. The molecule has 0 unspecified atom stereocenters. The average Bonchev–Trinajstić information content (AvgIpc) is 3.07. The summed E-state index contributed by atoms with van der Waals surface area (Å²) in [4.78, 5) is 3.43. The summed E-state index contributed by atoms with van der Waals surface area (Å²) in [6.07, 6.45) is 6.45. The SMILES string of the molecule is CN1/C(=C/C=C/c2sc3ccccc3[n+]2C)Sc2ccc(Cl)cc21.[Cl-]. The number of halogens is 2. The number of aryl methyl sites for hydroxylation is 1. The highest BCUT2D eigenvalue weighted by atomic mass is 35.5. The van der Waals surface area contributed by atoms with Crippen molar-refractivity contribution in [1.29, 1.82) is 0 Å². The van der Waals surface area contributed by atoms with Gasteiger partial charge in [0.25, 0.3) is 5.01 Å². The van der Waals surface area contributed by atoms with Crippen molar-refractivity contribution >= 4 is 56.7 Å². The summed E-state index contributed by atoms with van der Waals surface area (Å²) >= 11 is 9.68. The molecule has 1 aromatic heterocycles. The van der Waals surface area contributed by atoms with Crippen LogP contribution in [-0.4, -0.2) is 7.05 Å². The summed E-state index contributed by atoms with van der Waals surface area (Å²) in [5.74, 6) is 0. The second-order valence-corrected chi connectivity index (χ2v) is 8.17. The zero-order valence-electron chi connectivity index (χ0n) is 13.7. The smallest absolute Gasteiger partial charge is 0.262 e. The van der Waals surface area contributed by atoms with Gasteiger partial charge in [-0.1, -0.05) is 52.9 Å². The molecule has 0 bridgehead atoms. The molecule has 1 aliphatic heterocycles. The van der Waals surface area contributed by atoms with E-state index in [0.717, 1.165) is 5.02 Å². The van der Waals surface area contributed by atoms with Gasteiger partial charge in [-0.3, -0.25) is 0 Å². The van der Waals surface area contributed by atoms with Crippen LogP contribution in [-0.2, 0) is 7.05 Å². The van der Waals surface area contributed by atoms with E-state index >= 15 is 0 Å². The predicted octanol–water partition coefficient (Wildman–Crippen LogP) is 2.48. The minimum atomic E-state index is 0. The number of nitrogens with zero attached hydrogens (tertiary/aromatic N) is 2. The van der Waals surface area contributed by atoms with E-state index < -0.39 is 0 Å². The van der Waals surface area contributed by atoms with E-state index in [2.05, 4.69) is 72.1 Å². The van der Waals surface area contributed by atoms with Crippen molar-refractivity contribution in [3.63, 3.8) is 0 Å². The summed E-state index contributed by atoms with van der Waals surface area (Å²) in [6, 6.07) is 14.5. The number of hydrogen-bond donors (Lipinski definition) is 0. The third-order valence-corrected chi connectivity index (χ3v) is 6.68. The number of thioether (sulfide) groups is 1. The Bertz CT molecular complexity index is 992. The van der Waals surface area contributed by atoms with Gasteiger partial charge in [0.1, 0.15) is 11.7 Å². The van der Waals surface area contributed by atoms with Crippen molar-refractivity contribution in [1.82, 2.24) is 0 Å². The summed E-state index contributed by atoms with van der Waals surface area (Å²) in [5, 5.41) is 3.21. The number of para-hydroxylation sites is 1. The maximum absolute atomic E-state index is 6.11. The lowest BCUT2D eigenvalue weighted by Crippen LogP contribution is -3.00. The van der Waals surface area contributed by atoms with E-state index in [1.54, 1.807) is 23.1 Å². The van der Waals surface area contributed by atoms with E-state index in [-0.39, 0.29) is 12.4 Å². The summed E-state index contributed by atoms with van der Waals surface area (Å²) < 4.78 is 3.54. The maximum Gasteiger partial charge on any atom is 0.262 e. The second kappa shape index (κ2) is 7.42. The second-order valence-electron chi connectivity index (χ2n) is 5.60. The number of benzene rings is 2. The van der Waals surface area contributed by atoms with Gasteiger partial charge >= 0.3 is 0 Å². The molecule has 0 N–H and O–H groups in total. The Balaban J connectivity index is 0.00000182. The molecule has 0 aliphatic carbocycles. The summed E-state index contributed by atoms with van der Waals surface area (Å²) in [6.45, 7) is 0. The minimum absolute atomic E-state index is 0. The Morgan fingerprint density at radius 1 is 1.16 bits per heavy atom. The third-order valence-electron chi connectivity index (χ3n) is 4.08. The van der Waals surface area contributed by atoms with Crippen LogP contribution in [0, 0.1) is 0 Å². The van der Waals surface area contributed by atoms with Gasteiger partial charge in [0.15, 0.2) is 0 Å². The van der Waals surface area contributed by atoms with Crippen LogP contribution in [0.5, 0.6) is 0 Å². The zero-order valence-corrected chi connectivity index (χ0v) is 16.9. The molecule has 0 saturated carbocycles. The largest absolute Gasteiger partial charge is 1.00 e. The number of hydrogen-bond acceptors (Lipinski definition) is 3. The topological polar surface area (TPSA) is 7.12 Å². The Morgan fingerprint density at radius 3 is 2.76 bits per heavy atom. The molecule has 25 heavy (non-hydrogen) atoms. The molecule has 2 aromatic carbocycles. The van der Waals surface area contributed by atoms with E-state index in [1.807, 2.05) is 12.1 Å². The molecule has 0 spiro atoms. The molecule has 0 saturated heterocycles. The van der Waals surface area contributed by atoms with Gasteiger partial charge in [-0.2, -0.15) is 4.57 Å². The molecule has 2 nitrogen and oxygen atoms in total. The highest BCUT2D eigenvalue weighted by Gasteiger charge is 2.21. The molecule has 0 radical (unpaired) electrons. The van der Waals surface area contributed by atoms with E-state index in [1.165, 1.54) is 30.8 Å². The minimum Gasteiger partial charge on any atom is -1.00 e. The average molecular weight is 407 g/mol. The number of allylic oxidation sites excluding steroid dienone is 2. The Labute approximate surface area is 166 Å². The third kappa shape index (κ3) is 3.44. The first-order chi connectivity index (χ1) is 11.6. The standard InChI is InChI=1S/C19H16ClN2S2.ClH/c1-21-14-6-3-4-7-16(14)23-18(21)8-5-9-19-22(2)15-12-13(20)10-11-17(15)24-19;/h3-12H,1-2H3;1H/q+1;/p-1. The monoisotopic (exact) mass is 406 g/mol. The fourth-order valence-corrected chi connectivity index (χ4v) is 5.04. The van der Waals surface area contributed by atoms with Crippen molar-refractivity contribution in [2.45, 2.75) is 4.90 Å². The lowest BCUT2D eigenvalue weighted by atomic mass is 10.3. The first-order valence-electron chi connectivity index (χ1n) is 7.60. The van der Waals surface area contributed by atoms with Crippen LogP contribution < -0.4 is 21.9 Å². The van der Waals surface area contributed by atoms with Crippen LogP contribution in [0.3, 0.4) is 0 Å². The maximum atomic E-state index is 6.11. The normalized spacial score (nSPS) is 15.2. The van der Waals surface area contributed by atoms with Crippen molar-refractivity contribution in [3.05, 3.63) is 69.7 Å². The van der Waals surface area contributed by atoms with Gasteiger partial charge in [0.2, 0.25) is 5.52 Å². The molecule has 6 heteroatoms. The molecular formula is C19H16Cl2N2S2. The summed E-state index contributed by atoms with van der Waals surface area (Å²) in [7, 11) is 4.19. The molecule has 128 valence electrons. The van der Waals surface area contributed by atoms with Gasteiger partial charge in [0, 0.05) is 29.1 Å². The van der Waals surface area contributed by atoms with Crippen molar-refractivity contribution < 1.29 is 17.0 Å². The van der Waals surface area contributed by atoms with Gasteiger partial charge < -0.3 is 17.3 Å². The lowest BCUT2D eigenvalue weighted by molar-refractivity contribution is -0.642. The summed E-state index contributed by atoms with van der Waals surface area (Å²) in [5.41, 5.74) is 2.43. The number of rotatable bonds is 2. The van der Waals surface area contributed by atoms with Gasteiger partial charge in [-0.15, -0.1) is 0 Å². The highest BCUT2D eigenvalue weighted by Crippen LogP contribution is 2.45. The molecule has 1 aliphatic rings. The van der Waals surface area contributed by atoms with Crippen LogP contribution >= 0.6 is 34.7 Å². The van der Waals surface area contributed by atoms with Crippen molar-refractivity contribution in [2.24, 2.45) is 7.05 Å². The van der Waals surface area contributed by atoms with Crippen molar-refractivity contribution in [3.8, 4) is 0 Å². The van der Waals surface area contributed by atoms with Gasteiger partial charge in [-0.25, -0.2) is 0 Å². The van der Waals surface area contributed by atoms with E-state index in [9.17, 15) is 0 Å². The number of anilines is 1. The van der Waals surface area contributed by atoms with Crippen molar-refractivity contribution in [2.75, 3.05) is 11.9 Å². The molecule has 3 aromatic rings. The van der Waals surface area contributed by atoms with Crippen LogP contribution in [0.15, 0.2) is 64.5 Å². The molecule has 0 atom stereocenters. The van der Waals surface area contributed by atoms with E-state index in [4.69, 9.17) is 11.6 Å². The van der Waals surface area contributed by atoms with Gasteiger partial charge in [0.05, 0.1) is 10.7 Å². The fraction of sp³-hybridized carbons (Fsp3) is 0.105. The quantitative estimate of drug-likeness (QED) is 0.603. The first-order valence-corrected chi connectivity index (χ1v) is 9.61. The molecule has 0 amide bonds. The molecular weight excluding hydrogens is 391 g/mol. The van der Waals surface area contributed by atoms with Crippen LogP contribution in [0.25, 0.3) is 16.3 Å².